The third-order valence-corrected chi connectivity index (χ3v) is 6.48. The van der Waals surface area contributed by atoms with Gasteiger partial charge in [0.15, 0.2) is 12.7 Å². The Morgan fingerprint density at radius 2 is 2.03 bits per heavy atom. The molecule has 4 rings (SSSR count). The summed E-state index contributed by atoms with van der Waals surface area (Å²) in [7, 11) is 4.16. The summed E-state index contributed by atoms with van der Waals surface area (Å²) in [5, 5.41) is 4.53. The molecule has 5 nitrogen and oxygen atoms in total. The molecule has 160 valence electrons. The molecule has 0 aliphatic carbocycles. The molecule has 31 heavy (non-hydrogen) atoms. The highest BCUT2D eigenvalue weighted by atomic mass is 127. The molecule has 0 spiro atoms. The van der Waals surface area contributed by atoms with Gasteiger partial charge in [-0.15, -0.1) is 0 Å². The molecule has 1 atom stereocenters. The van der Waals surface area contributed by atoms with Crippen molar-refractivity contribution in [3.05, 3.63) is 85.2 Å². The fourth-order valence-corrected chi connectivity index (χ4v) is 4.49. The average Bonchev–Trinajstić information content (AvgIpc) is 3.24. The monoisotopic (exact) mass is 531 g/mol. The number of hydrogen-bond donors (Lipinski definition) is 0. The lowest BCUT2D eigenvalue weighted by atomic mass is 10.1. The number of rotatable bonds is 0. The smallest absolute Gasteiger partial charge is 0.260 e. The minimum atomic E-state index is -0.207. The molecule has 0 amide bonds. The normalized spacial score (nSPS) is 20.8. The van der Waals surface area contributed by atoms with Crippen LogP contribution in [0.15, 0.2) is 73.8 Å². The predicted molar refractivity (Wildman–Crippen MR) is 131 cm³/mol. The van der Waals surface area contributed by atoms with Crippen molar-refractivity contribution in [2.45, 2.75) is 19.4 Å². The minimum absolute atomic E-state index is 0.207. The summed E-state index contributed by atoms with van der Waals surface area (Å²) in [6.07, 6.45) is 9.59. The third kappa shape index (κ3) is 4.72. The number of nitrogens with zero attached hydrogens (tertiary/aromatic N) is 5. The number of halogens is 2. The van der Waals surface area contributed by atoms with Gasteiger partial charge in [-0.1, -0.05) is 6.58 Å². The van der Waals surface area contributed by atoms with Gasteiger partial charge in [0.1, 0.15) is 23.4 Å². The van der Waals surface area contributed by atoms with E-state index in [0.29, 0.717) is 9.12 Å². The average molecular weight is 531 g/mol. The maximum absolute atomic E-state index is 14.2. The molecule has 3 heterocycles. The topological polar surface area (TPSA) is 24.9 Å². The van der Waals surface area contributed by atoms with Crippen molar-refractivity contribution in [2.24, 2.45) is 0 Å². The van der Waals surface area contributed by atoms with Gasteiger partial charge in [-0.25, -0.2) is 11.8 Å². The van der Waals surface area contributed by atoms with Gasteiger partial charge in [0.05, 0.1) is 19.4 Å². The van der Waals surface area contributed by atoms with Crippen LogP contribution in [0, 0.1) is 5.82 Å². The van der Waals surface area contributed by atoms with Crippen molar-refractivity contribution in [2.75, 3.05) is 20.6 Å². The molecule has 0 N–H and O–H groups in total. The summed E-state index contributed by atoms with van der Waals surface area (Å²) in [6, 6.07) is 13.3. The summed E-state index contributed by atoms with van der Waals surface area (Å²) in [5.41, 5.74) is 5.09. The Bertz CT molecular complexity index is 1130. The highest BCUT2D eigenvalue weighted by Gasteiger charge is 2.26. The molecule has 7 heteroatoms. The van der Waals surface area contributed by atoms with Crippen LogP contribution in [0.3, 0.4) is 0 Å². The van der Waals surface area contributed by atoms with Gasteiger partial charge in [-0.05, 0) is 24.3 Å². The molecule has 3 aromatic rings. The second kappa shape index (κ2) is 8.92. The Balaban J connectivity index is 1.83. The van der Waals surface area contributed by atoms with E-state index in [9.17, 15) is 4.39 Å². The first-order valence-corrected chi connectivity index (χ1v) is 11.3. The van der Waals surface area contributed by atoms with Crippen molar-refractivity contribution >= 4 is 34.2 Å². The van der Waals surface area contributed by atoms with Gasteiger partial charge < -0.3 is 4.90 Å². The SMILES string of the molecule is C=C1CCN(C)/C=C\[N+](C)(I)c2ccc(F)cc2CC[n+]2ccccc2-c2ccnn21. The van der Waals surface area contributed by atoms with Gasteiger partial charge in [0, 0.05) is 55.9 Å². The van der Waals surface area contributed by atoms with Crippen LogP contribution in [0.5, 0.6) is 0 Å². The van der Waals surface area contributed by atoms with Crippen LogP contribution in [0.4, 0.5) is 10.1 Å². The zero-order chi connectivity index (χ0) is 22.0. The van der Waals surface area contributed by atoms with Crippen molar-refractivity contribution in [3.63, 3.8) is 0 Å². The number of aryl methyl sites for hydroxylation is 2. The fourth-order valence-electron chi connectivity index (χ4n) is 3.88. The van der Waals surface area contributed by atoms with Crippen LogP contribution in [0.1, 0.15) is 12.0 Å². The largest absolute Gasteiger partial charge is 0.376 e. The lowest BCUT2D eigenvalue weighted by Crippen LogP contribution is -2.37. The van der Waals surface area contributed by atoms with Crippen LogP contribution in [0.2, 0.25) is 0 Å². The molecule has 0 bridgehead atoms. The second-order valence-corrected chi connectivity index (χ2v) is 9.99. The van der Waals surface area contributed by atoms with Gasteiger partial charge in [-0.3, -0.25) is 0 Å². The predicted octanol–water partition coefficient (Wildman–Crippen LogP) is 4.78. The van der Waals surface area contributed by atoms with Crippen LogP contribution in [-0.2, 0) is 13.0 Å². The van der Waals surface area contributed by atoms with E-state index >= 15 is 0 Å². The molecule has 1 aliphatic heterocycles. The van der Waals surface area contributed by atoms with Crippen LogP contribution >= 0.6 is 22.9 Å². The lowest BCUT2D eigenvalue weighted by Gasteiger charge is -2.24. The van der Waals surface area contributed by atoms with Crippen molar-refractivity contribution in [1.29, 1.82) is 0 Å². The van der Waals surface area contributed by atoms with Gasteiger partial charge in [0.25, 0.3) is 22.9 Å². The van der Waals surface area contributed by atoms with Gasteiger partial charge in [-0.2, -0.15) is 9.67 Å². The second-order valence-electron chi connectivity index (χ2n) is 7.99. The standard InChI is InChI=1S/C24H27FIN5/c1-19-10-14-28(2)16-17-31(3,26)24-8-7-21(25)18-20(24)11-15-29-13-5-4-6-22(29)23-9-12-27-30(19)23/h4-9,12-13,16-18H,1,10-11,14-15H2,2-3H3/q+2/b17-16-. The van der Waals surface area contributed by atoms with E-state index in [1.54, 1.807) is 12.1 Å². The van der Waals surface area contributed by atoms with Gasteiger partial charge >= 0.3 is 0 Å². The summed E-state index contributed by atoms with van der Waals surface area (Å²) in [5.74, 6) is -0.207. The zero-order valence-electron chi connectivity index (χ0n) is 17.9. The molecule has 1 aromatic carbocycles. The molecular formula is C24H27FIN5+2. The van der Waals surface area contributed by atoms with E-state index in [2.05, 4.69) is 82.8 Å². The Morgan fingerprint density at radius 3 is 2.87 bits per heavy atom. The number of hydrogen-bond acceptors (Lipinski definition) is 2. The van der Waals surface area contributed by atoms with Crippen LogP contribution in [0.25, 0.3) is 17.1 Å². The minimum Gasteiger partial charge on any atom is -0.376 e. The Hall–Kier alpha value is -2.52. The van der Waals surface area contributed by atoms with Crippen molar-refractivity contribution in [1.82, 2.24) is 17.4 Å². The van der Waals surface area contributed by atoms with E-state index in [-0.39, 0.29) is 5.82 Å². The van der Waals surface area contributed by atoms with Crippen molar-refractivity contribution in [3.8, 4) is 11.4 Å². The lowest BCUT2D eigenvalue weighted by molar-refractivity contribution is -0.686. The molecule has 0 radical (unpaired) electrons. The van der Waals surface area contributed by atoms with Gasteiger partial charge in [0.2, 0.25) is 5.69 Å². The van der Waals surface area contributed by atoms with E-state index < -0.39 is 0 Å². The van der Waals surface area contributed by atoms with Crippen molar-refractivity contribution < 1.29 is 8.96 Å². The quantitative estimate of drug-likeness (QED) is 0.237. The number of fused-ring (bicyclic) bond motifs is 4. The van der Waals surface area contributed by atoms with E-state index in [0.717, 1.165) is 47.8 Å². The number of quaternary nitrogens is 1. The van der Waals surface area contributed by atoms with E-state index in [1.807, 2.05) is 35.1 Å². The fraction of sp³-hybridized carbons (Fsp3) is 0.250. The number of pyridine rings is 1. The molecule has 0 saturated carbocycles. The first-order valence-electron chi connectivity index (χ1n) is 10.3. The summed E-state index contributed by atoms with van der Waals surface area (Å²) in [6.45, 7) is 5.83. The van der Waals surface area contributed by atoms with Crippen LogP contribution in [-0.4, -0.2) is 35.3 Å². The third-order valence-electron chi connectivity index (χ3n) is 5.63. The first-order chi connectivity index (χ1) is 14.8. The summed E-state index contributed by atoms with van der Waals surface area (Å²) >= 11 is 2.39. The maximum atomic E-state index is 14.2. The summed E-state index contributed by atoms with van der Waals surface area (Å²) < 4.78 is 18.8. The molecule has 1 unspecified atom stereocenters. The van der Waals surface area contributed by atoms with E-state index in [1.165, 1.54) is 0 Å². The molecule has 0 saturated heterocycles. The Labute approximate surface area is 196 Å². The highest BCUT2D eigenvalue weighted by molar-refractivity contribution is 14.1. The molecule has 2 aromatic heterocycles. The maximum Gasteiger partial charge on any atom is 0.260 e. The first kappa shape index (κ1) is 21.7. The Kier molecular flexibility index (Phi) is 6.24. The summed E-state index contributed by atoms with van der Waals surface area (Å²) in [4.78, 5) is 2.15. The Morgan fingerprint density at radius 1 is 1.19 bits per heavy atom. The zero-order valence-corrected chi connectivity index (χ0v) is 20.0. The number of benzene rings is 1. The highest BCUT2D eigenvalue weighted by Crippen LogP contribution is 2.32. The van der Waals surface area contributed by atoms with E-state index in [4.69, 9.17) is 0 Å². The molecule has 1 aliphatic rings. The molecular weight excluding hydrogens is 504 g/mol. The van der Waals surface area contributed by atoms with Crippen LogP contribution < -0.4 is 7.26 Å². The molecule has 0 fully saturated rings. The number of aromatic nitrogens is 3.